The molecule has 4 heteroatoms. The molecular formula is C31H21N3O. The van der Waals surface area contributed by atoms with E-state index >= 15 is 0 Å². The van der Waals surface area contributed by atoms with Crippen LogP contribution in [0.2, 0.25) is 0 Å². The van der Waals surface area contributed by atoms with Gasteiger partial charge in [-0.25, -0.2) is 0 Å². The van der Waals surface area contributed by atoms with Crippen LogP contribution in [0.25, 0.3) is 21.8 Å². The van der Waals surface area contributed by atoms with Gasteiger partial charge in [0.25, 0.3) is 0 Å². The van der Waals surface area contributed by atoms with Crippen LogP contribution in [0.5, 0.6) is 5.75 Å². The van der Waals surface area contributed by atoms with Crippen molar-refractivity contribution in [2.45, 2.75) is 5.97 Å². The fourth-order valence-electron chi connectivity index (χ4n) is 5.88. The molecular weight excluding hydrogens is 430 g/mol. The highest BCUT2D eigenvalue weighted by molar-refractivity contribution is 6.11. The number of aromatic nitrogens is 1. The van der Waals surface area contributed by atoms with Crippen molar-refractivity contribution in [3.63, 3.8) is 0 Å². The Kier molecular flexibility index (Phi) is 3.56. The first kappa shape index (κ1) is 18.7. The van der Waals surface area contributed by atoms with Crippen molar-refractivity contribution in [3.8, 4) is 5.75 Å². The number of fused-ring (bicyclic) bond motifs is 5. The largest absolute Gasteiger partial charge is 0.429 e. The number of benzene rings is 5. The number of anilines is 4. The zero-order valence-electron chi connectivity index (χ0n) is 18.9. The Morgan fingerprint density at radius 2 is 1.03 bits per heavy atom. The van der Waals surface area contributed by atoms with Gasteiger partial charge in [0.1, 0.15) is 0 Å². The molecule has 3 heterocycles. The van der Waals surface area contributed by atoms with E-state index in [4.69, 9.17) is 4.74 Å². The number of hydrogen-bond acceptors (Lipinski definition) is 3. The molecule has 2 aliphatic rings. The van der Waals surface area contributed by atoms with Gasteiger partial charge in [-0.05, 0) is 48.5 Å². The van der Waals surface area contributed by atoms with E-state index in [1.54, 1.807) is 0 Å². The minimum absolute atomic E-state index is 0.883. The first-order valence-corrected chi connectivity index (χ1v) is 11.9. The van der Waals surface area contributed by atoms with Crippen LogP contribution in [-0.4, -0.2) is 4.57 Å². The highest BCUT2D eigenvalue weighted by Crippen LogP contribution is 2.60. The third-order valence-electron chi connectivity index (χ3n) is 7.17. The molecule has 0 radical (unpaired) electrons. The minimum Gasteiger partial charge on any atom is -0.429 e. The van der Waals surface area contributed by atoms with Gasteiger partial charge in [0.2, 0.25) is 0 Å². The average molecular weight is 452 g/mol. The number of para-hydroxylation sites is 6. The van der Waals surface area contributed by atoms with Crippen molar-refractivity contribution in [2.75, 3.05) is 9.80 Å². The van der Waals surface area contributed by atoms with Gasteiger partial charge in [-0.2, -0.15) is 0 Å². The van der Waals surface area contributed by atoms with Crippen LogP contribution in [-0.2, 0) is 5.97 Å². The lowest BCUT2D eigenvalue weighted by Crippen LogP contribution is -2.57. The van der Waals surface area contributed by atoms with E-state index < -0.39 is 5.97 Å². The lowest BCUT2D eigenvalue weighted by atomic mass is 10.1. The van der Waals surface area contributed by atoms with Gasteiger partial charge in [0, 0.05) is 22.1 Å². The summed E-state index contributed by atoms with van der Waals surface area (Å²) in [5.41, 5.74) is 6.59. The third-order valence-corrected chi connectivity index (χ3v) is 7.17. The SMILES string of the molecule is c1ccc(N2c3ccccc3N(c3ccccc3)C23Oc2cccc4c5ccccc5n3c24)cc1. The second-order valence-electron chi connectivity index (χ2n) is 9.01. The predicted octanol–water partition coefficient (Wildman–Crippen LogP) is 7.74. The standard InChI is InChI=1S/C31H21N3O/c1-3-12-22(13-4-1)32-27-19-9-10-20-28(27)33(23-14-5-2-6-15-23)31(32)34-26-18-8-7-16-24(26)25-17-11-21-29(35-31)30(25)34/h1-21H. The van der Waals surface area contributed by atoms with E-state index in [1.807, 2.05) is 0 Å². The predicted molar refractivity (Wildman–Crippen MR) is 142 cm³/mol. The molecule has 166 valence electrons. The van der Waals surface area contributed by atoms with Crippen molar-refractivity contribution >= 4 is 44.6 Å². The van der Waals surface area contributed by atoms with Crippen LogP contribution in [0.15, 0.2) is 127 Å². The maximum Gasteiger partial charge on any atom is 0.367 e. The molecule has 5 aromatic carbocycles. The Labute approximate surface area is 202 Å². The van der Waals surface area contributed by atoms with Crippen molar-refractivity contribution < 1.29 is 4.74 Å². The molecule has 0 saturated carbocycles. The number of rotatable bonds is 2. The van der Waals surface area contributed by atoms with Crippen molar-refractivity contribution in [1.29, 1.82) is 0 Å². The number of nitrogens with zero attached hydrogens (tertiary/aromatic N) is 3. The fraction of sp³-hybridized carbons (Fsp3) is 0.0323. The summed E-state index contributed by atoms with van der Waals surface area (Å²) in [6.07, 6.45) is 0. The summed E-state index contributed by atoms with van der Waals surface area (Å²) in [4.78, 5) is 4.67. The van der Waals surface area contributed by atoms with Gasteiger partial charge in [0.05, 0.1) is 22.4 Å². The second kappa shape index (κ2) is 6.67. The molecule has 4 nitrogen and oxygen atoms in total. The van der Waals surface area contributed by atoms with E-state index in [-0.39, 0.29) is 0 Å². The first-order chi connectivity index (χ1) is 17.4. The zero-order valence-corrected chi connectivity index (χ0v) is 18.9. The molecule has 35 heavy (non-hydrogen) atoms. The normalized spacial score (nSPS) is 15.2. The Hall–Kier alpha value is -4.70. The van der Waals surface area contributed by atoms with Crippen LogP contribution in [0.4, 0.5) is 22.7 Å². The maximum absolute atomic E-state index is 7.15. The molecule has 0 fully saturated rings. The van der Waals surface area contributed by atoms with Crippen LogP contribution in [0.3, 0.4) is 0 Å². The average Bonchev–Trinajstić information content (AvgIpc) is 3.54. The quantitative estimate of drug-likeness (QED) is 0.269. The van der Waals surface area contributed by atoms with Gasteiger partial charge >= 0.3 is 5.97 Å². The Bertz CT molecular complexity index is 1670. The smallest absolute Gasteiger partial charge is 0.367 e. The van der Waals surface area contributed by atoms with E-state index in [2.05, 4.69) is 142 Å². The summed E-state index contributed by atoms with van der Waals surface area (Å²) in [7, 11) is 0. The molecule has 0 unspecified atom stereocenters. The molecule has 2 aliphatic heterocycles. The lowest BCUT2D eigenvalue weighted by Gasteiger charge is -2.42. The monoisotopic (exact) mass is 451 g/mol. The maximum atomic E-state index is 7.15. The lowest BCUT2D eigenvalue weighted by molar-refractivity contribution is 0.0399. The number of hydrogen-bond donors (Lipinski definition) is 0. The third kappa shape index (κ3) is 2.26. The van der Waals surface area contributed by atoms with Gasteiger partial charge in [0.15, 0.2) is 5.75 Å². The fourth-order valence-corrected chi connectivity index (χ4v) is 5.88. The van der Waals surface area contributed by atoms with E-state index in [9.17, 15) is 0 Å². The van der Waals surface area contributed by atoms with Crippen molar-refractivity contribution in [3.05, 3.63) is 127 Å². The van der Waals surface area contributed by atoms with Crippen molar-refractivity contribution in [1.82, 2.24) is 4.57 Å². The van der Waals surface area contributed by atoms with Gasteiger partial charge in [-0.3, -0.25) is 14.4 Å². The van der Waals surface area contributed by atoms with Gasteiger partial charge in [-0.1, -0.05) is 78.9 Å². The van der Waals surface area contributed by atoms with Crippen LogP contribution in [0, 0.1) is 0 Å². The summed E-state index contributed by atoms with van der Waals surface area (Å²) in [5, 5.41) is 2.43. The van der Waals surface area contributed by atoms with Gasteiger partial charge in [-0.15, -0.1) is 0 Å². The molecule has 0 N–H and O–H groups in total. The minimum atomic E-state index is -0.989. The highest BCUT2D eigenvalue weighted by Gasteiger charge is 2.59. The van der Waals surface area contributed by atoms with Crippen LogP contribution in [0.1, 0.15) is 0 Å². The van der Waals surface area contributed by atoms with Crippen LogP contribution < -0.4 is 14.5 Å². The molecule has 0 atom stereocenters. The van der Waals surface area contributed by atoms with Gasteiger partial charge < -0.3 is 4.74 Å². The first-order valence-electron chi connectivity index (χ1n) is 11.9. The summed E-state index contributed by atoms with van der Waals surface area (Å²) < 4.78 is 9.53. The molecule has 0 bridgehead atoms. The molecule has 1 aromatic heterocycles. The van der Waals surface area contributed by atoms with Crippen molar-refractivity contribution in [2.24, 2.45) is 0 Å². The van der Waals surface area contributed by atoms with E-state index in [1.165, 1.54) is 10.8 Å². The van der Waals surface area contributed by atoms with Crippen LogP contribution >= 0.6 is 0 Å². The Morgan fingerprint density at radius 1 is 0.486 bits per heavy atom. The van der Waals surface area contributed by atoms with E-state index in [0.29, 0.717) is 0 Å². The Balaban J connectivity index is 1.56. The molecule has 0 saturated heterocycles. The molecule has 8 rings (SSSR count). The Morgan fingerprint density at radius 3 is 1.69 bits per heavy atom. The molecule has 6 aromatic rings. The summed E-state index contributed by atoms with van der Waals surface area (Å²) >= 11 is 0. The van der Waals surface area contributed by atoms with E-state index in [0.717, 1.165) is 39.5 Å². The topological polar surface area (TPSA) is 20.6 Å². The summed E-state index contributed by atoms with van der Waals surface area (Å²) in [6.45, 7) is 0. The number of ether oxygens (including phenoxy) is 1. The zero-order chi connectivity index (χ0) is 23.0. The molecule has 0 aliphatic carbocycles. The second-order valence-corrected chi connectivity index (χ2v) is 9.01. The summed E-state index contributed by atoms with van der Waals surface area (Å²) in [6, 6.07) is 44.6. The molecule has 0 amide bonds. The molecule has 1 spiro atoms. The highest BCUT2D eigenvalue weighted by atomic mass is 16.6. The summed E-state index contributed by atoms with van der Waals surface area (Å²) in [5.74, 6) is -0.106.